The molecule has 0 saturated heterocycles. The number of hydrogen-bond acceptors (Lipinski definition) is 5. The van der Waals surface area contributed by atoms with E-state index in [0.29, 0.717) is 29.3 Å². The van der Waals surface area contributed by atoms with Gasteiger partial charge in [-0.1, -0.05) is 0 Å². The third-order valence-corrected chi connectivity index (χ3v) is 4.58. The van der Waals surface area contributed by atoms with Crippen LogP contribution in [0.4, 0.5) is 11.4 Å². The van der Waals surface area contributed by atoms with Crippen molar-refractivity contribution in [3.8, 4) is 0 Å². The first-order valence-electron chi connectivity index (χ1n) is 10.2. The molecule has 0 fully saturated rings. The number of nitrogens with one attached hydrogen (secondary N) is 4. The molecular weight excluding hydrogens is 414 g/mol. The van der Waals surface area contributed by atoms with Crippen LogP contribution in [0.1, 0.15) is 34.3 Å². The summed E-state index contributed by atoms with van der Waals surface area (Å²) in [5, 5.41) is 10.7. The van der Waals surface area contributed by atoms with Crippen molar-refractivity contribution in [3.63, 3.8) is 0 Å². The van der Waals surface area contributed by atoms with E-state index in [1.807, 2.05) is 19.0 Å². The van der Waals surface area contributed by atoms with E-state index < -0.39 is 11.8 Å². The first kappa shape index (κ1) is 24.7. The molecule has 0 aliphatic heterocycles. The number of carbonyl (C=O) groups is 4. The summed E-state index contributed by atoms with van der Waals surface area (Å²) in [7, 11) is 7.36. The number of aromatic nitrogens is 2. The minimum atomic E-state index is -0.401. The molecule has 0 radical (unpaired) electrons. The number of amides is 4. The van der Waals surface area contributed by atoms with E-state index in [0.717, 1.165) is 13.0 Å². The molecular formula is C21H31N7O4. The van der Waals surface area contributed by atoms with Crippen LogP contribution in [0.15, 0.2) is 24.5 Å². The Kier molecular flexibility index (Phi) is 8.59. The molecule has 2 rings (SSSR count). The average Bonchev–Trinajstić information content (AvgIpc) is 3.25. The molecule has 174 valence electrons. The highest BCUT2D eigenvalue weighted by Crippen LogP contribution is 2.17. The van der Waals surface area contributed by atoms with Crippen molar-refractivity contribution in [2.45, 2.75) is 13.3 Å². The monoisotopic (exact) mass is 445 g/mol. The number of aryl methyl sites for hydroxylation is 2. The van der Waals surface area contributed by atoms with E-state index >= 15 is 0 Å². The number of anilines is 2. The number of nitrogens with zero attached hydrogens (tertiary/aromatic N) is 3. The highest BCUT2D eigenvalue weighted by molar-refractivity contribution is 6.05. The van der Waals surface area contributed by atoms with E-state index in [1.54, 1.807) is 41.7 Å². The summed E-state index contributed by atoms with van der Waals surface area (Å²) >= 11 is 0. The fraction of sp³-hybridized carbons (Fsp3) is 0.429. The van der Waals surface area contributed by atoms with Crippen molar-refractivity contribution in [2.75, 3.05) is 44.4 Å². The first-order valence-corrected chi connectivity index (χ1v) is 10.2. The van der Waals surface area contributed by atoms with Crippen LogP contribution < -0.4 is 21.3 Å². The number of hydrogen-bond donors (Lipinski definition) is 4. The van der Waals surface area contributed by atoms with Crippen molar-refractivity contribution in [3.05, 3.63) is 35.9 Å². The topological polar surface area (TPSA) is 130 Å². The summed E-state index contributed by atoms with van der Waals surface area (Å²) in [5.41, 5.74) is 1.66. The zero-order chi connectivity index (χ0) is 23.8. The van der Waals surface area contributed by atoms with Gasteiger partial charge in [0.15, 0.2) is 0 Å². The van der Waals surface area contributed by atoms with Crippen molar-refractivity contribution in [1.82, 2.24) is 24.7 Å². The molecule has 0 aliphatic carbocycles. The van der Waals surface area contributed by atoms with Gasteiger partial charge in [0.2, 0.25) is 11.8 Å². The SMILES string of the molecule is CC(=O)NCC(=O)Nc1cc(C(=O)Nc2cc(C(=O)NCCCN(C)C)n(C)c2)n(C)c1. The summed E-state index contributed by atoms with van der Waals surface area (Å²) in [6.45, 7) is 2.60. The van der Waals surface area contributed by atoms with Crippen LogP contribution in [-0.2, 0) is 23.7 Å². The molecule has 0 saturated carbocycles. The van der Waals surface area contributed by atoms with Crippen molar-refractivity contribution >= 4 is 35.0 Å². The van der Waals surface area contributed by atoms with E-state index in [4.69, 9.17) is 0 Å². The van der Waals surface area contributed by atoms with Gasteiger partial charge in [-0.25, -0.2) is 0 Å². The predicted molar refractivity (Wildman–Crippen MR) is 122 cm³/mol. The molecule has 4 N–H and O–H groups in total. The maximum Gasteiger partial charge on any atom is 0.272 e. The van der Waals surface area contributed by atoms with Crippen LogP contribution in [0.3, 0.4) is 0 Å². The van der Waals surface area contributed by atoms with Crippen molar-refractivity contribution < 1.29 is 19.2 Å². The zero-order valence-electron chi connectivity index (χ0n) is 19.1. The number of rotatable bonds is 10. The Morgan fingerprint density at radius 1 is 0.875 bits per heavy atom. The molecule has 0 aromatic carbocycles. The van der Waals surface area contributed by atoms with Crippen LogP contribution in [-0.4, -0.2) is 71.4 Å². The van der Waals surface area contributed by atoms with Gasteiger partial charge in [-0.3, -0.25) is 19.2 Å². The summed E-state index contributed by atoms with van der Waals surface area (Å²) in [6.07, 6.45) is 4.09. The van der Waals surface area contributed by atoms with Crippen molar-refractivity contribution in [2.24, 2.45) is 14.1 Å². The summed E-state index contributed by atoms with van der Waals surface area (Å²) in [6, 6.07) is 3.14. The minimum Gasteiger partial charge on any atom is -0.351 e. The summed E-state index contributed by atoms with van der Waals surface area (Å²) in [5.74, 6) is -1.31. The molecule has 11 nitrogen and oxygen atoms in total. The smallest absolute Gasteiger partial charge is 0.272 e. The normalized spacial score (nSPS) is 10.7. The van der Waals surface area contributed by atoms with E-state index in [1.165, 1.54) is 13.0 Å². The second-order valence-corrected chi connectivity index (χ2v) is 7.77. The van der Waals surface area contributed by atoms with Gasteiger partial charge in [-0.15, -0.1) is 0 Å². The largest absolute Gasteiger partial charge is 0.351 e. The lowest BCUT2D eigenvalue weighted by atomic mass is 10.3. The van der Waals surface area contributed by atoms with Gasteiger partial charge in [0.05, 0.1) is 17.9 Å². The van der Waals surface area contributed by atoms with E-state index in [9.17, 15) is 19.2 Å². The predicted octanol–water partition coefficient (Wildman–Crippen LogP) is 0.372. The van der Waals surface area contributed by atoms with Gasteiger partial charge in [0, 0.05) is 40.0 Å². The third-order valence-electron chi connectivity index (χ3n) is 4.58. The fourth-order valence-corrected chi connectivity index (χ4v) is 3.01. The lowest BCUT2D eigenvalue weighted by Crippen LogP contribution is -2.31. The van der Waals surface area contributed by atoms with Gasteiger partial charge in [0.1, 0.15) is 11.4 Å². The van der Waals surface area contributed by atoms with Gasteiger partial charge >= 0.3 is 0 Å². The van der Waals surface area contributed by atoms with Gasteiger partial charge < -0.3 is 35.3 Å². The van der Waals surface area contributed by atoms with Gasteiger partial charge in [-0.05, 0) is 39.2 Å². The maximum absolute atomic E-state index is 12.7. The van der Waals surface area contributed by atoms with Gasteiger partial charge in [0.25, 0.3) is 11.8 Å². The molecule has 4 amide bonds. The highest BCUT2D eigenvalue weighted by atomic mass is 16.2. The molecule has 2 heterocycles. The summed E-state index contributed by atoms with van der Waals surface area (Å²) < 4.78 is 3.22. The lowest BCUT2D eigenvalue weighted by molar-refractivity contribution is -0.122. The van der Waals surface area contributed by atoms with E-state index in [2.05, 4.69) is 21.3 Å². The molecule has 0 aliphatic rings. The molecule has 2 aromatic rings. The standard InChI is InChI=1S/C21H31N7O4/c1-14(29)23-11-19(30)24-15-9-18(28(5)12-15)21(32)25-16-10-17(27(4)13-16)20(31)22-7-6-8-26(2)3/h9-10,12-13H,6-8,11H2,1-5H3,(H,22,31)(H,23,29)(H,24,30)(H,25,32). The maximum atomic E-state index is 12.7. The van der Waals surface area contributed by atoms with Crippen molar-refractivity contribution in [1.29, 1.82) is 0 Å². The Bertz CT molecular complexity index is 990. The van der Waals surface area contributed by atoms with Crippen LogP contribution in [0, 0.1) is 0 Å². The quantitative estimate of drug-likeness (QED) is 0.393. The Morgan fingerprint density at radius 2 is 1.44 bits per heavy atom. The fourth-order valence-electron chi connectivity index (χ4n) is 3.01. The summed E-state index contributed by atoms with van der Waals surface area (Å²) in [4.78, 5) is 49.9. The van der Waals surface area contributed by atoms with E-state index in [-0.39, 0.29) is 18.4 Å². The molecule has 0 unspecified atom stereocenters. The average molecular weight is 446 g/mol. The molecule has 0 spiro atoms. The first-order chi connectivity index (χ1) is 15.1. The molecule has 11 heteroatoms. The highest BCUT2D eigenvalue weighted by Gasteiger charge is 2.17. The van der Waals surface area contributed by atoms with Crippen LogP contribution in [0.5, 0.6) is 0 Å². The van der Waals surface area contributed by atoms with Gasteiger partial charge in [-0.2, -0.15) is 0 Å². The minimum absolute atomic E-state index is 0.157. The second kappa shape index (κ2) is 11.1. The van der Waals surface area contributed by atoms with Crippen LogP contribution in [0.25, 0.3) is 0 Å². The third kappa shape index (κ3) is 7.27. The Hall–Kier alpha value is -3.60. The molecule has 2 aromatic heterocycles. The number of carbonyl (C=O) groups excluding carboxylic acids is 4. The lowest BCUT2D eigenvalue weighted by Gasteiger charge is -2.10. The Balaban J connectivity index is 1.97. The Labute approximate surface area is 187 Å². The Morgan fingerprint density at radius 3 is 2.00 bits per heavy atom. The van der Waals surface area contributed by atoms with Crippen LogP contribution in [0.2, 0.25) is 0 Å². The molecule has 32 heavy (non-hydrogen) atoms. The second-order valence-electron chi connectivity index (χ2n) is 7.77. The van der Waals surface area contributed by atoms with Crippen LogP contribution >= 0.6 is 0 Å². The zero-order valence-corrected chi connectivity index (χ0v) is 19.1. The molecule has 0 bridgehead atoms. The molecule has 0 atom stereocenters.